The summed E-state index contributed by atoms with van der Waals surface area (Å²) >= 11 is 0. The van der Waals surface area contributed by atoms with E-state index < -0.39 is 8.38 Å². The molecular weight excluding hydrogens is 183 g/mol. The van der Waals surface area contributed by atoms with Crippen LogP contribution in [-0.2, 0) is 9.05 Å². The molecule has 1 aromatic rings. The van der Waals surface area contributed by atoms with Gasteiger partial charge in [0, 0.05) is 0 Å². The molecule has 1 rings (SSSR count). The first-order valence-corrected chi connectivity index (χ1v) is 4.96. The third-order valence-corrected chi connectivity index (χ3v) is 2.71. The molecule has 0 saturated heterocycles. The first-order chi connectivity index (χ1) is 6.38. The molecule has 0 fully saturated rings. The van der Waals surface area contributed by atoms with Crippen molar-refractivity contribution < 1.29 is 9.05 Å². The highest BCUT2D eigenvalue weighted by atomic mass is 31.2. The van der Waals surface area contributed by atoms with E-state index in [0.29, 0.717) is 0 Å². The fraction of sp³-hybridized carbons (Fsp3) is 0. The first kappa shape index (κ1) is 9.82. The van der Waals surface area contributed by atoms with Crippen LogP contribution in [0.2, 0.25) is 0 Å². The molecule has 0 heterocycles. The van der Waals surface area contributed by atoms with Crippen molar-refractivity contribution >= 4 is 13.7 Å². The fourth-order valence-electron chi connectivity index (χ4n) is 0.832. The maximum Gasteiger partial charge on any atom is 0.324 e. The number of benzene rings is 1. The molecule has 3 heteroatoms. The molecule has 0 atom stereocenters. The van der Waals surface area contributed by atoms with E-state index in [1.54, 1.807) is 0 Å². The van der Waals surface area contributed by atoms with Gasteiger partial charge in [0.2, 0.25) is 0 Å². The molecule has 0 aliphatic rings. The third-order valence-electron chi connectivity index (χ3n) is 1.31. The first-order valence-electron chi connectivity index (χ1n) is 3.79. The average molecular weight is 194 g/mol. The maximum absolute atomic E-state index is 5.20. The van der Waals surface area contributed by atoms with E-state index in [2.05, 4.69) is 13.2 Å². The molecule has 0 aliphatic carbocycles. The van der Waals surface area contributed by atoms with Crippen molar-refractivity contribution in [2.24, 2.45) is 0 Å². The Hall–Kier alpha value is -1.27. The maximum atomic E-state index is 5.20. The van der Waals surface area contributed by atoms with Gasteiger partial charge >= 0.3 is 8.38 Å². The summed E-state index contributed by atoms with van der Waals surface area (Å²) in [5.41, 5.74) is 0. The van der Waals surface area contributed by atoms with Crippen molar-refractivity contribution in [3.63, 3.8) is 0 Å². The van der Waals surface area contributed by atoms with Crippen molar-refractivity contribution in [2.75, 3.05) is 0 Å². The van der Waals surface area contributed by atoms with Gasteiger partial charge in [-0.15, -0.1) is 0 Å². The molecule has 2 nitrogen and oxygen atoms in total. The van der Waals surface area contributed by atoms with Crippen molar-refractivity contribution in [3.05, 3.63) is 56.0 Å². The van der Waals surface area contributed by atoms with Crippen LogP contribution in [0.25, 0.3) is 0 Å². The molecular formula is C10H11O2P. The Morgan fingerprint density at radius 1 is 1.00 bits per heavy atom. The van der Waals surface area contributed by atoms with E-state index in [-0.39, 0.29) is 0 Å². The number of rotatable bonds is 5. The van der Waals surface area contributed by atoms with Crippen molar-refractivity contribution in [1.82, 2.24) is 0 Å². The zero-order valence-electron chi connectivity index (χ0n) is 7.22. The van der Waals surface area contributed by atoms with Crippen molar-refractivity contribution in [2.45, 2.75) is 0 Å². The van der Waals surface area contributed by atoms with E-state index in [9.17, 15) is 0 Å². The van der Waals surface area contributed by atoms with E-state index in [1.807, 2.05) is 30.3 Å². The monoisotopic (exact) mass is 194 g/mol. The summed E-state index contributed by atoms with van der Waals surface area (Å²) in [6, 6.07) is 9.70. The second-order valence-corrected chi connectivity index (χ2v) is 3.59. The van der Waals surface area contributed by atoms with Crippen LogP contribution in [0.15, 0.2) is 56.0 Å². The molecule has 0 aliphatic heterocycles. The normalized spacial score (nSPS) is 9.31. The third kappa shape index (κ3) is 2.92. The smallest absolute Gasteiger partial charge is 0.324 e. The molecule has 13 heavy (non-hydrogen) atoms. The Kier molecular flexibility index (Phi) is 4.07. The Morgan fingerprint density at radius 3 is 2.00 bits per heavy atom. The van der Waals surface area contributed by atoms with Gasteiger partial charge in [-0.25, -0.2) is 0 Å². The summed E-state index contributed by atoms with van der Waals surface area (Å²) in [7, 11) is -1.09. The largest absolute Gasteiger partial charge is 0.444 e. The van der Waals surface area contributed by atoms with Gasteiger partial charge in [-0.2, -0.15) is 0 Å². The number of hydrogen-bond acceptors (Lipinski definition) is 2. The molecule has 0 saturated carbocycles. The molecule has 0 aromatic heterocycles. The van der Waals surface area contributed by atoms with Gasteiger partial charge in [0.15, 0.2) is 0 Å². The SMILES string of the molecule is C=COP(OC=C)c1ccccc1. The fourth-order valence-corrected chi connectivity index (χ4v) is 1.81. The van der Waals surface area contributed by atoms with Gasteiger partial charge < -0.3 is 9.05 Å². The summed E-state index contributed by atoms with van der Waals surface area (Å²) in [4.78, 5) is 0. The standard InChI is InChI=1S/C10H11O2P/c1-3-11-13(12-4-2)10-8-6-5-7-9-10/h3-9H,1-2H2. The highest BCUT2D eigenvalue weighted by Gasteiger charge is 2.11. The van der Waals surface area contributed by atoms with Gasteiger partial charge in [0.1, 0.15) is 0 Å². The lowest BCUT2D eigenvalue weighted by Crippen LogP contribution is -2.00. The van der Waals surface area contributed by atoms with Crippen LogP contribution in [0.1, 0.15) is 0 Å². The Balaban J connectivity index is 2.75. The minimum atomic E-state index is -1.09. The highest BCUT2D eigenvalue weighted by molar-refractivity contribution is 7.56. The molecule has 1 aromatic carbocycles. The summed E-state index contributed by atoms with van der Waals surface area (Å²) < 4.78 is 10.4. The minimum absolute atomic E-state index is 0.998. The zero-order valence-corrected chi connectivity index (χ0v) is 8.11. The summed E-state index contributed by atoms with van der Waals surface area (Å²) in [5.74, 6) is 0. The summed E-state index contributed by atoms with van der Waals surface area (Å²) in [5, 5.41) is 0.998. The summed E-state index contributed by atoms with van der Waals surface area (Å²) in [6.45, 7) is 6.98. The zero-order chi connectivity index (χ0) is 9.52. The van der Waals surface area contributed by atoms with Crippen LogP contribution in [0.5, 0.6) is 0 Å². The second kappa shape index (κ2) is 5.39. The summed E-state index contributed by atoms with van der Waals surface area (Å²) in [6.07, 6.45) is 2.75. The van der Waals surface area contributed by atoms with Crippen molar-refractivity contribution in [3.8, 4) is 0 Å². The van der Waals surface area contributed by atoms with Crippen LogP contribution in [0, 0.1) is 0 Å². The molecule has 0 bridgehead atoms. The predicted molar refractivity (Wildman–Crippen MR) is 55.6 cm³/mol. The average Bonchev–Trinajstić information content (AvgIpc) is 2.19. The molecule has 0 N–H and O–H groups in total. The molecule has 0 radical (unpaired) electrons. The van der Waals surface area contributed by atoms with Gasteiger partial charge in [0.05, 0.1) is 17.8 Å². The molecule has 0 amide bonds. The van der Waals surface area contributed by atoms with E-state index in [4.69, 9.17) is 9.05 Å². The lowest BCUT2D eigenvalue weighted by atomic mass is 10.4. The second-order valence-electron chi connectivity index (χ2n) is 2.14. The van der Waals surface area contributed by atoms with Crippen molar-refractivity contribution in [1.29, 1.82) is 0 Å². The van der Waals surface area contributed by atoms with Crippen LogP contribution in [-0.4, -0.2) is 0 Å². The van der Waals surface area contributed by atoms with Crippen LogP contribution < -0.4 is 5.30 Å². The quantitative estimate of drug-likeness (QED) is 0.530. The lowest BCUT2D eigenvalue weighted by Gasteiger charge is -2.12. The number of hydrogen-bond donors (Lipinski definition) is 0. The highest BCUT2D eigenvalue weighted by Crippen LogP contribution is 2.37. The van der Waals surface area contributed by atoms with Gasteiger partial charge in [-0.3, -0.25) is 0 Å². The Bertz CT molecular complexity index is 262. The minimum Gasteiger partial charge on any atom is -0.444 e. The van der Waals surface area contributed by atoms with E-state index >= 15 is 0 Å². The van der Waals surface area contributed by atoms with E-state index in [0.717, 1.165) is 5.30 Å². The molecule has 0 unspecified atom stereocenters. The van der Waals surface area contributed by atoms with Gasteiger partial charge in [0.25, 0.3) is 0 Å². The molecule has 0 spiro atoms. The van der Waals surface area contributed by atoms with Gasteiger partial charge in [-0.05, 0) is 12.1 Å². The Morgan fingerprint density at radius 2 is 1.54 bits per heavy atom. The van der Waals surface area contributed by atoms with Crippen LogP contribution in [0.4, 0.5) is 0 Å². The Labute approximate surface area is 79.4 Å². The lowest BCUT2D eigenvalue weighted by molar-refractivity contribution is 0.421. The van der Waals surface area contributed by atoms with Gasteiger partial charge in [-0.1, -0.05) is 31.4 Å². The van der Waals surface area contributed by atoms with E-state index in [1.165, 1.54) is 12.5 Å². The van der Waals surface area contributed by atoms with Crippen LogP contribution in [0.3, 0.4) is 0 Å². The molecule has 68 valence electrons. The topological polar surface area (TPSA) is 18.5 Å². The van der Waals surface area contributed by atoms with Crippen LogP contribution >= 0.6 is 8.38 Å². The predicted octanol–water partition coefficient (Wildman–Crippen LogP) is 2.94.